The average molecular weight is 243 g/mol. The van der Waals surface area contributed by atoms with E-state index < -0.39 is 0 Å². The van der Waals surface area contributed by atoms with E-state index >= 15 is 0 Å². The van der Waals surface area contributed by atoms with Crippen molar-refractivity contribution in [1.29, 1.82) is 0 Å². The maximum Gasteiger partial charge on any atom is 0.103 e. The van der Waals surface area contributed by atoms with Crippen molar-refractivity contribution >= 4 is 23.1 Å². The zero-order valence-corrected chi connectivity index (χ0v) is 12.0. The van der Waals surface area contributed by atoms with E-state index in [1.807, 2.05) is 11.8 Å². The van der Waals surface area contributed by atoms with Crippen LogP contribution in [-0.2, 0) is 11.2 Å². The van der Waals surface area contributed by atoms with E-state index in [2.05, 4.69) is 45.0 Å². The molecule has 1 aromatic rings. The number of rotatable bonds is 4. The number of thioether (sulfide) groups is 1. The summed E-state index contributed by atoms with van der Waals surface area (Å²) < 4.78 is 0. The standard InChI is InChI=1S/C12H21NS2/c1-6-9(2)14-8-11-13-10(7-15-11)12(3,4)5/h7,9H,6,8H2,1-5H3. The van der Waals surface area contributed by atoms with Gasteiger partial charge in [-0.1, -0.05) is 34.6 Å². The minimum absolute atomic E-state index is 0.190. The van der Waals surface area contributed by atoms with Gasteiger partial charge in [-0.3, -0.25) is 0 Å². The molecule has 15 heavy (non-hydrogen) atoms. The van der Waals surface area contributed by atoms with Crippen LogP contribution in [0.4, 0.5) is 0 Å². The fraction of sp³-hybridized carbons (Fsp3) is 0.750. The minimum Gasteiger partial charge on any atom is -0.245 e. The van der Waals surface area contributed by atoms with Crippen LogP contribution in [0.5, 0.6) is 0 Å². The Bertz CT molecular complexity index is 299. The molecule has 1 unspecified atom stereocenters. The van der Waals surface area contributed by atoms with Crippen LogP contribution in [0.25, 0.3) is 0 Å². The highest BCUT2D eigenvalue weighted by Crippen LogP contribution is 2.27. The molecule has 0 aliphatic carbocycles. The minimum atomic E-state index is 0.190. The van der Waals surface area contributed by atoms with E-state index in [0.29, 0.717) is 0 Å². The molecule has 1 heterocycles. The van der Waals surface area contributed by atoms with Crippen molar-refractivity contribution < 1.29 is 0 Å². The number of aromatic nitrogens is 1. The highest BCUT2D eigenvalue weighted by Gasteiger charge is 2.17. The second kappa shape index (κ2) is 5.35. The van der Waals surface area contributed by atoms with E-state index in [1.165, 1.54) is 17.1 Å². The van der Waals surface area contributed by atoms with Crippen molar-refractivity contribution in [3.05, 3.63) is 16.1 Å². The van der Waals surface area contributed by atoms with E-state index in [1.54, 1.807) is 11.3 Å². The SMILES string of the molecule is CCC(C)SCc1nc(C(C)(C)C)cs1. The Labute approximate surface area is 102 Å². The van der Waals surface area contributed by atoms with E-state index in [-0.39, 0.29) is 5.41 Å². The molecule has 86 valence electrons. The first kappa shape index (κ1) is 13.0. The van der Waals surface area contributed by atoms with Crippen LogP contribution in [0.3, 0.4) is 0 Å². The number of hydrogen-bond donors (Lipinski definition) is 0. The molecule has 0 saturated heterocycles. The highest BCUT2D eigenvalue weighted by molar-refractivity contribution is 7.99. The predicted octanol–water partition coefficient (Wildman–Crippen LogP) is 4.47. The summed E-state index contributed by atoms with van der Waals surface area (Å²) in [4.78, 5) is 4.69. The molecule has 0 fully saturated rings. The van der Waals surface area contributed by atoms with Crippen LogP contribution in [0.15, 0.2) is 5.38 Å². The van der Waals surface area contributed by atoms with Crippen molar-refractivity contribution in [2.75, 3.05) is 0 Å². The molecule has 0 radical (unpaired) electrons. The lowest BCUT2D eigenvalue weighted by Gasteiger charge is -2.14. The summed E-state index contributed by atoms with van der Waals surface area (Å²) in [6.45, 7) is 11.2. The van der Waals surface area contributed by atoms with Crippen molar-refractivity contribution in [2.45, 2.75) is 57.5 Å². The fourth-order valence-corrected chi connectivity index (χ4v) is 3.06. The highest BCUT2D eigenvalue weighted by atomic mass is 32.2. The van der Waals surface area contributed by atoms with Gasteiger partial charge in [0.05, 0.1) is 5.69 Å². The average Bonchev–Trinajstić information content (AvgIpc) is 2.61. The summed E-state index contributed by atoms with van der Waals surface area (Å²) in [5.74, 6) is 1.07. The Kier molecular flexibility index (Phi) is 4.65. The van der Waals surface area contributed by atoms with Gasteiger partial charge in [-0.05, 0) is 6.42 Å². The first-order chi connectivity index (χ1) is 6.93. The maximum absolute atomic E-state index is 4.69. The normalized spacial score (nSPS) is 14.2. The molecule has 0 aromatic carbocycles. The lowest BCUT2D eigenvalue weighted by Crippen LogP contribution is -2.11. The van der Waals surface area contributed by atoms with Gasteiger partial charge in [0.2, 0.25) is 0 Å². The second-order valence-corrected chi connectivity index (χ2v) is 7.28. The van der Waals surface area contributed by atoms with Gasteiger partial charge in [0.15, 0.2) is 0 Å². The lowest BCUT2D eigenvalue weighted by atomic mass is 9.93. The van der Waals surface area contributed by atoms with Crippen molar-refractivity contribution in [3.8, 4) is 0 Å². The van der Waals surface area contributed by atoms with Gasteiger partial charge < -0.3 is 0 Å². The molecule has 0 saturated carbocycles. The molecule has 0 spiro atoms. The van der Waals surface area contributed by atoms with Gasteiger partial charge >= 0.3 is 0 Å². The lowest BCUT2D eigenvalue weighted by molar-refractivity contribution is 0.572. The molecule has 1 aromatic heterocycles. The third-order valence-corrected chi connectivity index (χ3v) is 4.76. The maximum atomic E-state index is 4.69. The van der Waals surface area contributed by atoms with Crippen LogP contribution in [0, 0.1) is 0 Å². The van der Waals surface area contributed by atoms with Gasteiger partial charge in [0.25, 0.3) is 0 Å². The van der Waals surface area contributed by atoms with Gasteiger partial charge in [0.1, 0.15) is 5.01 Å². The Hall–Kier alpha value is -0.0200. The van der Waals surface area contributed by atoms with Crippen LogP contribution in [0.2, 0.25) is 0 Å². The third-order valence-electron chi connectivity index (χ3n) is 2.39. The summed E-state index contributed by atoms with van der Waals surface area (Å²) in [6, 6.07) is 0. The molecule has 0 aliphatic heterocycles. The number of hydrogen-bond acceptors (Lipinski definition) is 3. The Morgan fingerprint density at radius 3 is 2.60 bits per heavy atom. The van der Waals surface area contributed by atoms with Gasteiger partial charge in [-0.25, -0.2) is 4.98 Å². The van der Waals surface area contributed by atoms with Gasteiger partial charge in [0, 0.05) is 21.8 Å². The van der Waals surface area contributed by atoms with E-state index in [9.17, 15) is 0 Å². The van der Waals surface area contributed by atoms with E-state index in [0.717, 1.165) is 11.0 Å². The van der Waals surface area contributed by atoms with Crippen LogP contribution in [-0.4, -0.2) is 10.2 Å². The smallest absolute Gasteiger partial charge is 0.103 e. The third kappa shape index (κ3) is 4.15. The molecule has 3 heteroatoms. The summed E-state index contributed by atoms with van der Waals surface area (Å²) in [5, 5.41) is 4.21. The summed E-state index contributed by atoms with van der Waals surface area (Å²) >= 11 is 3.80. The number of thiazole rings is 1. The molecular weight excluding hydrogens is 222 g/mol. The fourth-order valence-electron chi connectivity index (χ4n) is 1.05. The Morgan fingerprint density at radius 1 is 1.47 bits per heavy atom. The topological polar surface area (TPSA) is 12.9 Å². The Balaban J connectivity index is 2.54. The molecule has 1 rings (SSSR count). The van der Waals surface area contributed by atoms with Gasteiger partial charge in [-0.2, -0.15) is 11.8 Å². The summed E-state index contributed by atoms with van der Waals surface area (Å²) in [5.41, 5.74) is 1.42. The zero-order valence-electron chi connectivity index (χ0n) is 10.3. The molecule has 0 bridgehead atoms. The van der Waals surface area contributed by atoms with Crippen molar-refractivity contribution in [3.63, 3.8) is 0 Å². The summed E-state index contributed by atoms with van der Waals surface area (Å²) in [6.07, 6.45) is 1.24. The van der Waals surface area contributed by atoms with Crippen LogP contribution >= 0.6 is 23.1 Å². The molecular formula is C12H21NS2. The number of nitrogens with zero attached hydrogens (tertiary/aromatic N) is 1. The first-order valence-electron chi connectivity index (χ1n) is 5.50. The van der Waals surface area contributed by atoms with Crippen LogP contribution in [0.1, 0.15) is 51.7 Å². The second-order valence-electron chi connectivity index (χ2n) is 4.91. The summed E-state index contributed by atoms with van der Waals surface area (Å²) in [7, 11) is 0. The molecule has 1 nitrogen and oxygen atoms in total. The van der Waals surface area contributed by atoms with Gasteiger partial charge in [-0.15, -0.1) is 11.3 Å². The van der Waals surface area contributed by atoms with Crippen LogP contribution < -0.4 is 0 Å². The molecule has 1 atom stereocenters. The monoisotopic (exact) mass is 243 g/mol. The van der Waals surface area contributed by atoms with Crippen molar-refractivity contribution in [2.24, 2.45) is 0 Å². The quantitative estimate of drug-likeness (QED) is 0.773. The molecule has 0 aliphatic rings. The predicted molar refractivity (Wildman–Crippen MR) is 71.9 cm³/mol. The zero-order chi connectivity index (χ0) is 11.5. The molecule has 0 N–H and O–H groups in total. The van der Waals surface area contributed by atoms with Crippen molar-refractivity contribution in [1.82, 2.24) is 4.98 Å². The first-order valence-corrected chi connectivity index (χ1v) is 7.42. The van der Waals surface area contributed by atoms with E-state index in [4.69, 9.17) is 0 Å². The molecule has 0 amide bonds. The Morgan fingerprint density at radius 2 is 2.13 bits per heavy atom. The largest absolute Gasteiger partial charge is 0.245 e.